The molecule has 1 atom stereocenters. The maximum Gasteiger partial charge on any atom is 0.178 e. The second-order valence-corrected chi connectivity index (χ2v) is 7.79. The van der Waals surface area contributed by atoms with Gasteiger partial charge in [-0.15, -0.1) is 11.3 Å². The van der Waals surface area contributed by atoms with Gasteiger partial charge in [0.2, 0.25) is 0 Å². The van der Waals surface area contributed by atoms with Crippen LogP contribution < -0.4 is 24.9 Å². The van der Waals surface area contributed by atoms with Crippen LogP contribution in [-0.4, -0.2) is 51.3 Å². The minimum absolute atomic E-state index is 0.279. The maximum absolute atomic E-state index is 5.66. The average Bonchev–Trinajstić information content (AvgIpc) is 3.43. The molecule has 1 saturated heterocycles. The Balaban J connectivity index is 1.76. The van der Waals surface area contributed by atoms with Gasteiger partial charge in [-0.3, -0.25) is 0 Å². The number of hydrogen-bond acceptors (Lipinski definition) is 8. The molecular formula is C20H24BN5O2S. The highest BCUT2D eigenvalue weighted by Crippen LogP contribution is 2.37. The Kier molecular flexibility index (Phi) is 5.78. The van der Waals surface area contributed by atoms with Gasteiger partial charge in [-0.25, -0.2) is 9.97 Å². The summed E-state index contributed by atoms with van der Waals surface area (Å²) in [6.07, 6.45) is 1.90. The number of methoxy groups -OCH3 is 2. The van der Waals surface area contributed by atoms with Gasteiger partial charge in [0.15, 0.2) is 25.3 Å². The van der Waals surface area contributed by atoms with Crippen molar-refractivity contribution < 1.29 is 9.47 Å². The molecule has 0 saturated carbocycles. The van der Waals surface area contributed by atoms with E-state index in [0.717, 1.165) is 48.8 Å². The van der Waals surface area contributed by atoms with Gasteiger partial charge in [-0.05, 0) is 25.0 Å². The van der Waals surface area contributed by atoms with Gasteiger partial charge in [0.1, 0.15) is 11.3 Å². The van der Waals surface area contributed by atoms with Crippen molar-refractivity contribution in [3.63, 3.8) is 0 Å². The zero-order valence-corrected chi connectivity index (χ0v) is 17.7. The van der Waals surface area contributed by atoms with Crippen LogP contribution in [0.1, 0.15) is 18.9 Å². The van der Waals surface area contributed by atoms with Crippen LogP contribution in [0, 0.1) is 0 Å². The third-order valence-corrected chi connectivity index (χ3v) is 6.16. The summed E-state index contributed by atoms with van der Waals surface area (Å²) >= 11 is 1.65. The van der Waals surface area contributed by atoms with Crippen LogP contribution in [0.2, 0.25) is 0 Å². The fourth-order valence-corrected chi connectivity index (χ4v) is 4.67. The van der Waals surface area contributed by atoms with Gasteiger partial charge in [0.05, 0.1) is 24.4 Å². The summed E-state index contributed by atoms with van der Waals surface area (Å²) in [4.78, 5) is 11.9. The quantitative estimate of drug-likeness (QED) is 0.581. The summed E-state index contributed by atoms with van der Waals surface area (Å²) in [5, 5.41) is 6.32. The number of nitrogens with one attached hydrogen (secondary N) is 2. The number of benzene rings is 1. The Hall–Kier alpha value is -2.52. The normalized spacial score (nSPS) is 16.4. The van der Waals surface area contributed by atoms with E-state index >= 15 is 0 Å². The first kappa shape index (κ1) is 19.8. The van der Waals surface area contributed by atoms with Crippen molar-refractivity contribution in [2.45, 2.75) is 25.8 Å². The molecule has 29 heavy (non-hydrogen) atoms. The highest BCUT2D eigenvalue weighted by atomic mass is 32.1. The van der Waals surface area contributed by atoms with E-state index in [0.29, 0.717) is 11.5 Å². The van der Waals surface area contributed by atoms with Gasteiger partial charge >= 0.3 is 0 Å². The SMILES string of the molecule is [B]NC1CCN(c2nc(Nc3ccc(OC)c(OC)c3)c3ncsc3c2CC)C1. The molecule has 1 fully saturated rings. The van der Waals surface area contributed by atoms with Crippen molar-refractivity contribution in [3.05, 3.63) is 29.3 Å². The summed E-state index contributed by atoms with van der Waals surface area (Å²) < 4.78 is 11.9. The molecular weight excluding hydrogens is 385 g/mol. The first-order valence-corrected chi connectivity index (χ1v) is 10.5. The van der Waals surface area contributed by atoms with E-state index in [1.165, 1.54) is 10.3 Å². The van der Waals surface area contributed by atoms with Crippen LogP contribution in [0.4, 0.5) is 17.3 Å². The Bertz CT molecular complexity index is 1010. The van der Waals surface area contributed by atoms with E-state index < -0.39 is 0 Å². The van der Waals surface area contributed by atoms with Crippen LogP contribution in [-0.2, 0) is 6.42 Å². The first-order valence-electron chi connectivity index (χ1n) is 9.64. The monoisotopic (exact) mass is 409 g/mol. The van der Waals surface area contributed by atoms with Crippen LogP contribution in [0.3, 0.4) is 0 Å². The van der Waals surface area contributed by atoms with Crippen molar-refractivity contribution in [3.8, 4) is 11.5 Å². The smallest absolute Gasteiger partial charge is 0.178 e. The molecule has 1 unspecified atom stereocenters. The molecule has 3 heterocycles. The molecule has 4 rings (SSSR count). The lowest BCUT2D eigenvalue weighted by Crippen LogP contribution is -2.31. The first-order chi connectivity index (χ1) is 14.2. The van der Waals surface area contributed by atoms with E-state index in [-0.39, 0.29) is 6.04 Å². The molecule has 2 aromatic heterocycles. The minimum atomic E-state index is 0.279. The number of pyridine rings is 1. The summed E-state index contributed by atoms with van der Waals surface area (Å²) in [6.45, 7) is 3.93. The highest BCUT2D eigenvalue weighted by Gasteiger charge is 2.26. The zero-order valence-electron chi connectivity index (χ0n) is 16.9. The molecule has 1 aliphatic rings. The van der Waals surface area contributed by atoms with E-state index in [9.17, 15) is 0 Å². The second kappa shape index (κ2) is 8.46. The number of thiazole rings is 1. The van der Waals surface area contributed by atoms with E-state index in [4.69, 9.17) is 22.4 Å². The molecule has 9 heteroatoms. The molecule has 0 bridgehead atoms. The number of rotatable bonds is 7. The lowest BCUT2D eigenvalue weighted by atomic mass is 10.1. The highest BCUT2D eigenvalue weighted by molar-refractivity contribution is 7.17. The number of aryl methyl sites for hydroxylation is 1. The Morgan fingerprint density at radius 3 is 2.79 bits per heavy atom. The van der Waals surface area contributed by atoms with Crippen molar-refractivity contribution in [2.24, 2.45) is 0 Å². The topological polar surface area (TPSA) is 71.5 Å². The number of aromatic nitrogens is 2. The minimum Gasteiger partial charge on any atom is -0.493 e. The average molecular weight is 409 g/mol. The van der Waals surface area contributed by atoms with Crippen LogP contribution in [0.5, 0.6) is 11.5 Å². The van der Waals surface area contributed by atoms with E-state index in [2.05, 4.69) is 27.4 Å². The van der Waals surface area contributed by atoms with Crippen LogP contribution in [0.15, 0.2) is 23.7 Å². The Morgan fingerprint density at radius 2 is 2.10 bits per heavy atom. The predicted octanol–water partition coefficient (Wildman–Crippen LogP) is 3.27. The van der Waals surface area contributed by atoms with Crippen molar-refractivity contribution in [1.29, 1.82) is 0 Å². The third kappa shape index (κ3) is 3.72. The number of hydrogen-bond donors (Lipinski definition) is 2. The molecule has 0 amide bonds. The van der Waals surface area contributed by atoms with Crippen LogP contribution in [0.25, 0.3) is 10.2 Å². The summed E-state index contributed by atoms with van der Waals surface area (Å²) in [7, 11) is 8.91. The number of nitrogens with zero attached hydrogens (tertiary/aromatic N) is 3. The number of anilines is 3. The van der Waals surface area contributed by atoms with Crippen molar-refractivity contribution in [1.82, 2.24) is 15.2 Å². The van der Waals surface area contributed by atoms with Gasteiger partial charge in [0, 0.05) is 36.4 Å². The molecule has 2 radical (unpaired) electrons. The van der Waals surface area contributed by atoms with Crippen molar-refractivity contribution in [2.75, 3.05) is 37.5 Å². The molecule has 0 spiro atoms. The summed E-state index contributed by atoms with van der Waals surface area (Å²) in [5.74, 6) is 3.09. The maximum atomic E-state index is 5.66. The molecule has 150 valence electrons. The van der Waals surface area contributed by atoms with Gasteiger partial charge < -0.3 is 24.9 Å². The molecule has 2 N–H and O–H groups in total. The molecule has 0 aliphatic carbocycles. The molecule has 1 aliphatic heterocycles. The van der Waals surface area contributed by atoms with E-state index in [1.807, 2.05) is 23.7 Å². The standard InChI is InChI=1S/C20H24BN5O2S/c1-4-14-18-17(22-11-29-18)19(24-20(14)26-8-7-13(10-26)25-21)23-12-5-6-15(27-2)16(9-12)28-3/h5-6,9,11,13,25H,4,7-8,10H2,1-3H3,(H,23,24). The molecule has 1 aromatic carbocycles. The summed E-state index contributed by atoms with van der Waals surface area (Å²) in [6, 6.07) is 5.99. The predicted molar refractivity (Wildman–Crippen MR) is 119 cm³/mol. The largest absolute Gasteiger partial charge is 0.493 e. The third-order valence-electron chi connectivity index (χ3n) is 5.28. The van der Waals surface area contributed by atoms with E-state index in [1.54, 1.807) is 25.6 Å². The lowest BCUT2D eigenvalue weighted by Gasteiger charge is -2.22. The van der Waals surface area contributed by atoms with Gasteiger partial charge in [-0.2, -0.15) is 0 Å². The Morgan fingerprint density at radius 1 is 1.28 bits per heavy atom. The van der Waals surface area contributed by atoms with Gasteiger partial charge in [0.25, 0.3) is 0 Å². The fraction of sp³-hybridized carbons (Fsp3) is 0.400. The zero-order chi connectivity index (χ0) is 20.4. The number of ether oxygens (including phenoxy) is 2. The fourth-order valence-electron chi connectivity index (χ4n) is 3.76. The van der Waals surface area contributed by atoms with Crippen LogP contribution >= 0.6 is 11.3 Å². The Labute approximate surface area is 175 Å². The summed E-state index contributed by atoms with van der Waals surface area (Å²) in [5.41, 5.74) is 4.86. The lowest BCUT2D eigenvalue weighted by molar-refractivity contribution is 0.355. The van der Waals surface area contributed by atoms with Crippen molar-refractivity contribution >= 4 is 46.9 Å². The van der Waals surface area contributed by atoms with Gasteiger partial charge in [-0.1, -0.05) is 6.92 Å². The number of fused-ring (bicyclic) bond motifs is 1. The second-order valence-electron chi connectivity index (χ2n) is 6.94. The molecule has 3 aromatic rings. The molecule has 7 nitrogen and oxygen atoms in total.